The first kappa shape index (κ1) is 19.8. The van der Waals surface area contributed by atoms with E-state index < -0.39 is 10.8 Å². The molecule has 2 heterocycles. The van der Waals surface area contributed by atoms with Gasteiger partial charge in [-0.25, -0.2) is 0 Å². The lowest BCUT2D eigenvalue weighted by atomic mass is 10.1. The number of nitrogens with one attached hydrogen (secondary N) is 1. The highest BCUT2D eigenvalue weighted by atomic mass is 32.2. The molecule has 5 aromatic rings. The van der Waals surface area contributed by atoms with E-state index in [4.69, 9.17) is 4.42 Å². The Kier molecular flexibility index (Phi) is 4.83. The van der Waals surface area contributed by atoms with E-state index in [1.807, 2.05) is 30.3 Å². The van der Waals surface area contributed by atoms with E-state index in [1.165, 1.54) is 18.5 Å². The number of hydrogen-bond acceptors (Lipinski definition) is 7. The predicted octanol–water partition coefficient (Wildman–Crippen LogP) is 5.03. The van der Waals surface area contributed by atoms with Crippen molar-refractivity contribution in [3.8, 4) is 0 Å². The van der Waals surface area contributed by atoms with Gasteiger partial charge in [-0.3, -0.25) is 14.9 Å². The Morgan fingerprint density at radius 3 is 2.69 bits per heavy atom. The second-order valence-corrected chi connectivity index (χ2v) is 8.04. The van der Waals surface area contributed by atoms with Crippen molar-refractivity contribution in [3.05, 3.63) is 82.7 Å². The molecule has 0 atom stereocenters. The van der Waals surface area contributed by atoms with E-state index in [9.17, 15) is 14.9 Å². The van der Waals surface area contributed by atoms with Crippen LogP contribution in [0, 0.1) is 10.1 Å². The maximum atomic E-state index is 12.8. The number of amides is 1. The zero-order valence-electron chi connectivity index (χ0n) is 16.7. The third-order valence-electron chi connectivity index (χ3n) is 4.93. The van der Waals surface area contributed by atoms with Gasteiger partial charge in [-0.2, -0.15) is 0 Å². The summed E-state index contributed by atoms with van der Waals surface area (Å²) in [5.41, 5.74) is 1.92. The number of benzene rings is 3. The molecule has 0 fully saturated rings. The number of aryl methyl sites for hydroxylation is 1. The van der Waals surface area contributed by atoms with Gasteiger partial charge in [0.15, 0.2) is 5.16 Å². The molecule has 5 rings (SSSR count). The molecule has 10 heteroatoms. The van der Waals surface area contributed by atoms with Crippen molar-refractivity contribution in [1.29, 1.82) is 0 Å². The Morgan fingerprint density at radius 2 is 1.91 bits per heavy atom. The van der Waals surface area contributed by atoms with Crippen molar-refractivity contribution in [3.63, 3.8) is 0 Å². The number of fused-ring (bicyclic) bond motifs is 3. The van der Waals surface area contributed by atoms with Crippen LogP contribution in [0.4, 0.5) is 11.4 Å². The van der Waals surface area contributed by atoms with Crippen LogP contribution in [0.5, 0.6) is 0 Å². The van der Waals surface area contributed by atoms with Gasteiger partial charge >= 0.3 is 0 Å². The van der Waals surface area contributed by atoms with Crippen LogP contribution in [0.25, 0.3) is 21.9 Å². The molecule has 1 N–H and O–H groups in total. The molecule has 0 saturated carbocycles. The fraction of sp³-hybridized carbons (Fsp3) is 0.0455. The van der Waals surface area contributed by atoms with Crippen molar-refractivity contribution < 1.29 is 14.1 Å². The zero-order chi connectivity index (χ0) is 22.2. The standard InChI is InChI=1S/C22H15N5O4S/c1-26-12-23-25-22(26)32-20-9-6-13(10-17(20)27(29)30)21(28)24-14-7-8-16-15-4-2-3-5-18(15)31-19(16)11-14/h2-12H,1H3,(H,24,28). The molecule has 0 aliphatic carbocycles. The number of carbonyl (C=O) groups is 1. The smallest absolute Gasteiger partial charge is 0.284 e. The highest BCUT2D eigenvalue weighted by Crippen LogP contribution is 2.34. The summed E-state index contributed by atoms with van der Waals surface area (Å²) in [4.78, 5) is 24.2. The lowest BCUT2D eigenvalue weighted by Crippen LogP contribution is -2.12. The van der Waals surface area contributed by atoms with E-state index in [-0.39, 0.29) is 11.3 Å². The normalized spacial score (nSPS) is 11.2. The first-order chi connectivity index (χ1) is 15.5. The Hall–Kier alpha value is -4.18. The monoisotopic (exact) mass is 445 g/mol. The maximum Gasteiger partial charge on any atom is 0.284 e. The molecule has 0 radical (unpaired) electrons. The third kappa shape index (κ3) is 3.56. The summed E-state index contributed by atoms with van der Waals surface area (Å²) in [5.74, 6) is -0.459. The van der Waals surface area contributed by atoms with Crippen molar-refractivity contribution in [2.75, 3.05) is 5.32 Å². The summed E-state index contributed by atoms with van der Waals surface area (Å²) in [7, 11) is 1.74. The number of hydrogen-bond donors (Lipinski definition) is 1. The minimum absolute atomic E-state index is 0.170. The van der Waals surface area contributed by atoms with Gasteiger partial charge in [-0.15, -0.1) is 10.2 Å². The molecule has 0 bridgehead atoms. The third-order valence-corrected chi connectivity index (χ3v) is 6.04. The minimum Gasteiger partial charge on any atom is -0.456 e. The quantitative estimate of drug-likeness (QED) is 0.298. The number of furan rings is 1. The van der Waals surface area contributed by atoms with Crippen molar-refractivity contribution in [1.82, 2.24) is 14.8 Å². The van der Waals surface area contributed by atoms with Crippen LogP contribution in [0.3, 0.4) is 0 Å². The molecule has 0 saturated heterocycles. The Bertz CT molecular complexity index is 1510. The van der Waals surface area contributed by atoms with Crippen LogP contribution in [-0.4, -0.2) is 25.6 Å². The summed E-state index contributed by atoms with van der Waals surface area (Å²) in [5, 5.41) is 24.5. The Morgan fingerprint density at radius 1 is 1.09 bits per heavy atom. The number of nitro groups is 1. The van der Waals surface area contributed by atoms with Gasteiger partial charge < -0.3 is 14.3 Å². The number of carbonyl (C=O) groups excluding carboxylic acids is 1. The highest BCUT2D eigenvalue weighted by Gasteiger charge is 2.20. The van der Waals surface area contributed by atoms with Gasteiger partial charge in [-0.05, 0) is 42.1 Å². The van der Waals surface area contributed by atoms with Gasteiger partial charge in [0, 0.05) is 41.2 Å². The largest absolute Gasteiger partial charge is 0.456 e. The molecule has 3 aromatic carbocycles. The molecule has 1 amide bonds. The van der Waals surface area contributed by atoms with Crippen molar-refractivity contribution >= 4 is 51.0 Å². The van der Waals surface area contributed by atoms with Crippen molar-refractivity contribution in [2.24, 2.45) is 7.05 Å². The number of aromatic nitrogens is 3. The minimum atomic E-state index is -0.518. The van der Waals surface area contributed by atoms with Crippen LogP contribution in [-0.2, 0) is 7.05 Å². The van der Waals surface area contributed by atoms with Crippen LogP contribution in [0.2, 0.25) is 0 Å². The summed E-state index contributed by atoms with van der Waals surface area (Å²) in [6.45, 7) is 0. The van der Waals surface area contributed by atoms with Gasteiger partial charge in [0.25, 0.3) is 11.6 Å². The van der Waals surface area contributed by atoms with Crippen LogP contribution < -0.4 is 5.32 Å². The molecule has 0 aliphatic heterocycles. The summed E-state index contributed by atoms with van der Waals surface area (Å²) >= 11 is 1.11. The van der Waals surface area contributed by atoms with Crippen LogP contribution >= 0.6 is 11.8 Å². The first-order valence-electron chi connectivity index (χ1n) is 9.52. The fourth-order valence-electron chi connectivity index (χ4n) is 3.36. The average Bonchev–Trinajstić information content (AvgIpc) is 3.36. The van der Waals surface area contributed by atoms with Gasteiger partial charge in [0.1, 0.15) is 17.5 Å². The number of para-hydroxylation sites is 1. The average molecular weight is 445 g/mol. The Labute approximate surface area is 185 Å². The highest BCUT2D eigenvalue weighted by molar-refractivity contribution is 7.99. The summed E-state index contributed by atoms with van der Waals surface area (Å²) in [6, 6.07) is 17.4. The van der Waals surface area contributed by atoms with Crippen LogP contribution in [0.15, 0.2) is 81.5 Å². The van der Waals surface area contributed by atoms with Gasteiger partial charge in [0.05, 0.1) is 9.82 Å². The number of anilines is 1. The summed E-state index contributed by atoms with van der Waals surface area (Å²) in [6.07, 6.45) is 1.51. The molecule has 0 aliphatic rings. The van der Waals surface area contributed by atoms with E-state index in [0.717, 1.165) is 28.1 Å². The molecule has 0 unspecified atom stereocenters. The maximum absolute atomic E-state index is 12.8. The summed E-state index contributed by atoms with van der Waals surface area (Å²) < 4.78 is 7.51. The Balaban J connectivity index is 1.42. The number of nitrogens with zero attached hydrogens (tertiary/aromatic N) is 4. The van der Waals surface area contributed by atoms with E-state index in [0.29, 0.717) is 21.3 Å². The van der Waals surface area contributed by atoms with Gasteiger partial charge in [-0.1, -0.05) is 18.2 Å². The van der Waals surface area contributed by atoms with E-state index in [1.54, 1.807) is 29.8 Å². The lowest BCUT2D eigenvalue weighted by Gasteiger charge is -2.07. The first-order valence-corrected chi connectivity index (χ1v) is 10.3. The molecular weight excluding hydrogens is 430 g/mol. The molecule has 0 spiro atoms. The fourth-order valence-corrected chi connectivity index (χ4v) is 4.21. The second-order valence-electron chi connectivity index (χ2n) is 7.03. The second kappa shape index (κ2) is 7.82. The molecule has 2 aromatic heterocycles. The lowest BCUT2D eigenvalue weighted by molar-refractivity contribution is -0.387. The molecule has 9 nitrogen and oxygen atoms in total. The predicted molar refractivity (Wildman–Crippen MR) is 120 cm³/mol. The number of rotatable bonds is 5. The molecule has 32 heavy (non-hydrogen) atoms. The SMILES string of the molecule is Cn1cnnc1Sc1ccc(C(=O)Nc2ccc3c(c2)oc2ccccc23)cc1[N+](=O)[O-]. The topological polar surface area (TPSA) is 116 Å². The number of nitro benzene ring substituents is 1. The van der Waals surface area contributed by atoms with Crippen molar-refractivity contribution in [2.45, 2.75) is 10.1 Å². The van der Waals surface area contributed by atoms with Gasteiger partial charge in [0.2, 0.25) is 0 Å². The van der Waals surface area contributed by atoms with Crippen LogP contribution in [0.1, 0.15) is 10.4 Å². The van der Waals surface area contributed by atoms with E-state index >= 15 is 0 Å². The zero-order valence-corrected chi connectivity index (χ0v) is 17.5. The molecule has 158 valence electrons. The van der Waals surface area contributed by atoms with E-state index in [2.05, 4.69) is 15.5 Å². The molecular formula is C22H15N5O4S.